The second-order valence-electron chi connectivity index (χ2n) is 6.74. The molecule has 0 aliphatic heterocycles. The largest absolute Gasteiger partial charge is 0.284 e. The van der Waals surface area contributed by atoms with Crippen molar-refractivity contribution >= 4 is 33.4 Å². The van der Waals surface area contributed by atoms with E-state index in [4.69, 9.17) is 4.98 Å². The zero-order chi connectivity index (χ0) is 17.5. The number of aromatic nitrogens is 2. The zero-order valence-electron chi connectivity index (χ0n) is 14.3. The highest BCUT2D eigenvalue weighted by Crippen LogP contribution is 2.37. The first-order valence-electron chi connectivity index (χ1n) is 8.92. The van der Waals surface area contributed by atoms with Gasteiger partial charge < -0.3 is 0 Å². The molecule has 3 nitrogen and oxygen atoms in total. The van der Waals surface area contributed by atoms with E-state index in [1.54, 1.807) is 11.8 Å². The van der Waals surface area contributed by atoms with Crippen LogP contribution in [0.15, 0.2) is 76.7 Å². The van der Waals surface area contributed by atoms with E-state index in [0.29, 0.717) is 11.4 Å². The molecule has 0 radical (unpaired) electrons. The maximum absolute atomic E-state index is 13.0. The fourth-order valence-electron chi connectivity index (χ4n) is 3.44. The Bertz CT molecular complexity index is 1170. The van der Waals surface area contributed by atoms with Crippen molar-refractivity contribution in [2.75, 3.05) is 0 Å². The van der Waals surface area contributed by atoms with Gasteiger partial charge in [-0.15, -0.1) is 0 Å². The lowest BCUT2D eigenvalue weighted by atomic mass is 10.1. The quantitative estimate of drug-likeness (QED) is 0.372. The molecule has 3 aromatic carbocycles. The molecule has 4 heteroatoms. The first-order valence-corrected chi connectivity index (χ1v) is 9.90. The average molecular weight is 358 g/mol. The van der Waals surface area contributed by atoms with E-state index in [2.05, 4.69) is 42.5 Å². The van der Waals surface area contributed by atoms with Crippen LogP contribution in [0.5, 0.6) is 0 Å². The van der Waals surface area contributed by atoms with Crippen LogP contribution in [-0.4, -0.2) is 9.55 Å². The third kappa shape index (κ3) is 2.71. The third-order valence-corrected chi connectivity index (χ3v) is 5.93. The second kappa shape index (κ2) is 6.29. The van der Waals surface area contributed by atoms with Gasteiger partial charge in [-0.05, 0) is 41.3 Å². The van der Waals surface area contributed by atoms with E-state index in [0.717, 1.165) is 29.3 Å². The average Bonchev–Trinajstić information content (AvgIpc) is 3.51. The van der Waals surface area contributed by atoms with Gasteiger partial charge in [0.25, 0.3) is 5.56 Å². The molecule has 1 heterocycles. The van der Waals surface area contributed by atoms with Crippen LogP contribution in [0, 0.1) is 0 Å². The highest BCUT2D eigenvalue weighted by Gasteiger charge is 2.28. The Balaban J connectivity index is 1.57. The molecular weight excluding hydrogens is 340 g/mol. The van der Waals surface area contributed by atoms with Crippen molar-refractivity contribution in [3.05, 3.63) is 82.6 Å². The van der Waals surface area contributed by atoms with Crippen molar-refractivity contribution in [3.63, 3.8) is 0 Å². The van der Waals surface area contributed by atoms with Crippen LogP contribution in [-0.2, 0) is 5.75 Å². The van der Waals surface area contributed by atoms with Crippen molar-refractivity contribution in [1.82, 2.24) is 9.55 Å². The lowest BCUT2D eigenvalue weighted by Crippen LogP contribution is -2.22. The number of nitrogens with zero attached hydrogens (tertiary/aromatic N) is 2. The van der Waals surface area contributed by atoms with Gasteiger partial charge in [0.15, 0.2) is 5.16 Å². The van der Waals surface area contributed by atoms with E-state index < -0.39 is 0 Å². The van der Waals surface area contributed by atoms with Crippen LogP contribution in [0.25, 0.3) is 21.7 Å². The zero-order valence-corrected chi connectivity index (χ0v) is 15.1. The molecule has 1 aliphatic rings. The Hall–Kier alpha value is -2.59. The minimum atomic E-state index is 0.0959. The van der Waals surface area contributed by atoms with Gasteiger partial charge in [-0.25, -0.2) is 4.98 Å². The Morgan fingerprint density at radius 3 is 2.50 bits per heavy atom. The van der Waals surface area contributed by atoms with Gasteiger partial charge in [0, 0.05) is 11.8 Å². The first-order chi connectivity index (χ1) is 12.8. The predicted molar refractivity (Wildman–Crippen MR) is 108 cm³/mol. The molecule has 1 aliphatic carbocycles. The number of hydrogen-bond acceptors (Lipinski definition) is 3. The molecule has 0 atom stereocenters. The van der Waals surface area contributed by atoms with Crippen molar-refractivity contribution in [2.45, 2.75) is 29.8 Å². The topological polar surface area (TPSA) is 34.9 Å². The summed E-state index contributed by atoms with van der Waals surface area (Å²) in [5, 5.41) is 4.07. The summed E-state index contributed by atoms with van der Waals surface area (Å²) < 4.78 is 1.91. The molecule has 128 valence electrons. The molecule has 1 aromatic heterocycles. The molecule has 0 saturated heterocycles. The number of fused-ring (bicyclic) bond motifs is 2. The van der Waals surface area contributed by atoms with E-state index in [9.17, 15) is 4.79 Å². The highest BCUT2D eigenvalue weighted by molar-refractivity contribution is 7.98. The summed E-state index contributed by atoms with van der Waals surface area (Å²) in [6.45, 7) is 0. The molecule has 1 fully saturated rings. The second-order valence-corrected chi connectivity index (χ2v) is 7.69. The lowest BCUT2D eigenvalue weighted by Gasteiger charge is -2.13. The van der Waals surface area contributed by atoms with Gasteiger partial charge in [0.1, 0.15) is 0 Å². The molecule has 0 bridgehead atoms. The molecular formula is C22H18N2OS. The smallest absolute Gasteiger partial charge is 0.262 e. The summed E-state index contributed by atoms with van der Waals surface area (Å²) in [6, 6.07) is 22.8. The Labute approximate surface area is 155 Å². The number of benzene rings is 3. The molecule has 0 N–H and O–H groups in total. The Morgan fingerprint density at radius 1 is 0.923 bits per heavy atom. The summed E-state index contributed by atoms with van der Waals surface area (Å²) in [7, 11) is 0. The molecule has 26 heavy (non-hydrogen) atoms. The lowest BCUT2D eigenvalue weighted by molar-refractivity contribution is 0.618. The molecule has 5 rings (SSSR count). The maximum atomic E-state index is 13.0. The van der Waals surface area contributed by atoms with Crippen LogP contribution < -0.4 is 5.56 Å². The maximum Gasteiger partial charge on any atom is 0.262 e. The highest BCUT2D eigenvalue weighted by atomic mass is 32.2. The van der Waals surface area contributed by atoms with Crippen LogP contribution in [0.4, 0.5) is 0 Å². The van der Waals surface area contributed by atoms with Gasteiger partial charge in [-0.1, -0.05) is 66.4 Å². The fraction of sp³-hybridized carbons (Fsp3) is 0.182. The molecule has 4 aromatic rings. The van der Waals surface area contributed by atoms with Crippen LogP contribution >= 0.6 is 11.8 Å². The van der Waals surface area contributed by atoms with E-state index in [1.807, 2.05) is 28.8 Å². The summed E-state index contributed by atoms with van der Waals surface area (Å²) in [5.41, 5.74) is 2.16. The fourth-order valence-corrected chi connectivity index (χ4v) is 4.51. The van der Waals surface area contributed by atoms with E-state index in [1.165, 1.54) is 16.3 Å². The summed E-state index contributed by atoms with van der Waals surface area (Å²) in [5.74, 6) is 0.804. The molecule has 0 spiro atoms. The van der Waals surface area contributed by atoms with Gasteiger partial charge >= 0.3 is 0 Å². The predicted octanol–water partition coefficient (Wildman–Crippen LogP) is 5.18. The summed E-state index contributed by atoms with van der Waals surface area (Å²) in [6.07, 6.45) is 2.14. The van der Waals surface area contributed by atoms with Crippen LogP contribution in [0.3, 0.4) is 0 Å². The first kappa shape index (κ1) is 15.6. The summed E-state index contributed by atoms with van der Waals surface area (Å²) >= 11 is 1.66. The standard InChI is InChI=1S/C22H18N2OS/c25-21-19-10-3-4-11-20(19)23-22(24(21)17-12-13-17)26-14-16-8-5-7-15-6-1-2-9-18(15)16/h1-11,17H,12-14H2. The van der Waals surface area contributed by atoms with Gasteiger partial charge in [0.2, 0.25) is 0 Å². The van der Waals surface area contributed by atoms with Gasteiger partial charge in [-0.2, -0.15) is 0 Å². The Morgan fingerprint density at radius 2 is 1.65 bits per heavy atom. The monoisotopic (exact) mass is 358 g/mol. The van der Waals surface area contributed by atoms with Gasteiger partial charge in [-0.3, -0.25) is 9.36 Å². The van der Waals surface area contributed by atoms with Crippen molar-refractivity contribution in [3.8, 4) is 0 Å². The minimum absolute atomic E-state index is 0.0959. The third-order valence-electron chi connectivity index (χ3n) is 4.92. The Kier molecular flexibility index (Phi) is 3.79. The molecule has 0 amide bonds. The number of rotatable bonds is 4. The normalized spacial score (nSPS) is 14.2. The van der Waals surface area contributed by atoms with Crippen LogP contribution in [0.2, 0.25) is 0 Å². The molecule has 1 saturated carbocycles. The molecule has 0 unspecified atom stereocenters. The minimum Gasteiger partial charge on any atom is -0.284 e. The van der Waals surface area contributed by atoms with Crippen molar-refractivity contribution < 1.29 is 0 Å². The number of thioether (sulfide) groups is 1. The summed E-state index contributed by atoms with van der Waals surface area (Å²) in [4.78, 5) is 17.8. The number of hydrogen-bond donors (Lipinski definition) is 0. The van der Waals surface area contributed by atoms with Crippen molar-refractivity contribution in [1.29, 1.82) is 0 Å². The van der Waals surface area contributed by atoms with E-state index >= 15 is 0 Å². The number of para-hydroxylation sites is 1. The van der Waals surface area contributed by atoms with Crippen LogP contribution in [0.1, 0.15) is 24.4 Å². The van der Waals surface area contributed by atoms with E-state index in [-0.39, 0.29) is 5.56 Å². The SMILES string of the molecule is O=c1c2ccccc2nc(SCc2cccc3ccccc23)n1C1CC1. The van der Waals surface area contributed by atoms with Crippen molar-refractivity contribution in [2.24, 2.45) is 0 Å². The van der Waals surface area contributed by atoms with Gasteiger partial charge in [0.05, 0.1) is 10.9 Å².